The van der Waals surface area contributed by atoms with E-state index in [9.17, 15) is 0 Å². The van der Waals surface area contributed by atoms with Crippen molar-refractivity contribution in [1.82, 2.24) is 9.97 Å². The van der Waals surface area contributed by atoms with Gasteiger partial charge in [0.15, 0.2) is 0 Å². The lowest BCUT2D eigenvalue weighted by atomic mass is 10.1. The molecule has 0 amide bonds. The molecule has 3 nitrogen and oxygen atoms in total. The number of imidazole rings is 1. The highest BCUT2D eigenvalue weighted by atomic mass is 79.9. The van der Waals surface area contributed by atoms with Crippen molar-refractivity contribution < 1.29 is 0 Å². The predicted octanol–water partition coefficient (Wildman–Crippen LogP) is 4.54. The molecular weight excluding hydrogens is 326 g/mol. The van der Waals surface area contributed by atoms with Gasteiger partial charge in [0, 0.05) is 15.1 Å². The van der Waals surface area contributed by atoms with Gasteiger partial charge in [0.05, 0.1) is 11.2 Å². The first kappa shape index (κ1) is 12.5. The molecule has 0 aliphatic heterocycles. The normalized spacial score (nSPS) is 11.1. The number of benzene rings is 2. The Bertz CT molecular complexity index is 780. The first-order valence-corrected chi connectivity index (χ1v) is 6.93. The minimum atomic E-state index is 0.580. The summed E-state index contributed by atoms with van der Waals surface area (Å²) in [5.74, 6) is 0.782. The number of fused-ring (bicyclic) bond motifs is 1. The van der Waals surface area contributed by atoms with E-state index in [2.05, 4.69) is 25.9 Å². The van der Waals surface area contributed by atoms with Gasteiger partial charge in [0.2, 0.25) is 0 Å². The van der Waals surface area contributed by atoms with Crippen LogP contribution in [0.25, 0.3) is 22.4 Å². The lowest BCUT2D eigenvalue weighted by molar-refractivity contribution is 1.32. The highest BCUT2D eigenvalue weighted by Crippen LogP contribution is 2.29. The molecule has 0 atom stereocenters. The van der Waals surface area contributed by atoms with Crippen LogP contribution in [0.4, 0.5) is 5.69 Å². The van der Waals surface area contributed by atoms with Gasteiger partial charge in [0.25, 0.3) is 0 Å². The number of aromatic nitrogens is 2. The second-order valence-electron chi connectivity index (χ2n) is 4.44. The van der Waals surface area contributed by atoms with Gasteiger partial charge in [-0.2, -0.15) is 0 Å². The van der Waals surface area contributed by atoms with Crippen LogP contribution in [0.1, 0.15) is 5.56 Å². The molecule has 3 aromatic rings. The van der Waals surface area contributed by atoms with Crippen LogP contribution >= 0.6 is 27.5 Å². The molecule has 0 unspecified atom stereocenters. The average molecular weight is 337 g/mol. The molecule has 0 radical (unpaired) electrons. The quantitative estimate of drug-likeness (QED) is 0.641. The molecule has 5 heteroatoms. The number of hydrogen-bond donors (Lipinski definition) is 2. The van der Waals surface area contributed by atoms with Crippen molar-refractivity contribution in [2.45, 2.75) is 6.92 Å². The zero-order chi connectivity index (χ0) is 13.6. The number of nitrogens with zero attached hydrogens (tertiary/aromatic N) is 1. The van der Waals surface area contributed by atoms with Gasteiger partial charge in [0.1, 0.15) is 11.3 Å². The molecule has 0 aliphatic rings. The lowest BCUT2D eigenvalue weighted by Gasteiger charge is -2.00. The highest BCUT2D eigenvalue weighted by Gasteiger charge is 2.09. The molecule has 0 bridgehead atoms. The maximum atomic E-state index is 5.99. The molecule has 3 N–H and O–H groups in total. The zero-order valence-electron chi connectivity index (χ0n) is 10.2. The Kier molecular flexibility index (Phi) is 2.99. The number of hydrogen-bond acceptors (Lipinski definition) is 2. The number of aromatic amines is 1. The fraction of sp³-hybridized carbons (Fsp3) is 0.0714. The van der Waals surface area contributed by atoms with E-state index in [1.807, 2.05) is 31.2 Å². The average Bonchev–Trinajstić information content (AvgIpc) is 2.76. The minimum Gasteiger partial charge on any atom is -0.397 e. The van der Waals surface area contributed by atoms with Crippen LogP contribution in [0.15, 0.2) is 34.8 Å². The van der Waals surface area contributed by atoms with Crippen LogP contribution in [0.5, 0.6) is 0 Å². The van der Waals surface area contributed by atoms with Gasteiger partial charge in [-0.3, -0.25) is 0 Å². The summed E-state index contributed by atoms with van der Waals surface area (Å²) in [6.07, 6.45) is 0. The second-order valence-corrected chi connectivity index (χ2v) is 5.73. The van der Waals surface area contributed by atoms with E-state index in [1.54, 1.807) is 6.07 Å². The maximum Gasteiger partial charge on any atom is 0.138 e. The second kappa shape index (κ2) is 4.54. The molecule has 0 aliphatic carbocycles. The summed E-state index contributed by atoms with van der Waals surface area (Å²) in [4.78, 5) is 7.78. The predicted molar refractivity (Wildman–Crippen MR) is 83.4 cm³/mol. The monoisotopic (exact) mass is 335 g/mol. The Balaban J connectivity index is 2.20. The van der Waals surface area contributed by atoms with Gasteiger partial charge >= 0.3 is 0 Å². The fourth-order valence-electron chi connectivity index (χ4n) is 1.98. The fourth-order valence-corrected chi connectivity index (χ4v) is 2.59. The van der Waals surface area contributed by atoms with Crippen molar-refractivity contribution in [2.75, 3.05) is 5.73 Å². The van der Waals surface area contributed by atoms with E-state index in [1.165, 1.54) is 5.56 Å². The standard InChI is InChI=1S/C14H11BrClN3/c1-7-2-3-8(4-10(7)15)14-18-12-6-9(16)5-11(17)13(12)19-14/h2-6H,17H2,1H3,(H,18,19). The summed E-state index contributed by atoms with van der Waals surface area (Å²) >= 11 is 9.52. The van der Waals surface area contributed by atoms with E-state index in [0.717, 1.165) is 26.9 Å². The van der Waals surface area contributed by atoms with E-state index in [-0.39, 0.29) is 0 Å². The third-order valence-electron chi connectivity index (χ3n) is 3.03. The van der Waals surface area contributed by atoms with Crippen molar-refractivity contribution in [1.29, 1.82) is 0 Å². The van der Waals surface area contributed by atoms with Crippen LogP contribution < -0.4 is 5.73 Å². The van der Waals surface area contributed by atoms with Crippen molar-refractivity contribution in [3.63, 3.8) is 0 Å². The highest BCUT2D eigenvalue weighted by molar-refractivity contribution is 9.10. The molecule has 96 valence electrons. The summed E-state index contributed by atoms with van der Waals surface area (Å²) in [6.45, 7) is 2.05. The van der Waals surface area contributed by atoms with E-state index in [0.29, 0.717) is 10.7 Å². The van der Waals surface area contributed by atoms with Crippen molar-refractivity contribution in [3.8, 4) is 11.4 Å². The summed E-state index contributed by atoms with van der Waals surface area (Å²) in [5.41, 5.74) is 10.3. The first-order valence-electron chi connectivity index (χ1n) is 5.76. The number of H-pyrrole nitrogens is 1. The number of rotatable bonds is 1. The third kappa shape index (κ3) is 2.22. The molecule has 0 spiro atoms. The van der Waals surface area contributed by atoms with Gasteiger partial charge in [-0.05, 0) is 30.7 Å². The summed E-state index contributed by atoms with van der Waals surface area (Å²) in [7, 11) is 0. The topological polar surface area (TPSA) is 54.7 Å². The Morgan fingerprint density at radius 1 is 1.26 bits per heavy atom. The lowest BCUT2D eigenvalue weighted by Crippen LogP contribution is -1.86. The SMILES string of the molecule is Cc1ccc(-c2nc3c(N)cc(Cl)cc3[nH]2)cc1Br. The Hall–Kier alpha value is -1.52. The van der Waals surface area contributed by atoms with Gasteiger partial charge in [-0.1, -0.05) is 39.7 Å². The summed E-state index contributed by atoms with van der Waals surface area (Å²) in [6, 6.07) is 9.63. The molecule has 0 fully saturated rings. The van der Waals surface area contributed by atoms with Gasteiger partial charge < -0.3 is 10.7 Å². The third-order valence-corrected chi connectivity index (χ3v) is 4.10. The number of nitrogens with one attached hydrogen (secondary N) is 1. The zero-order valence-corrected chi connectivity index (χ0v) is 12.5. The molecule has 19 heavy (non-hydrogen) atoms. The molecule has 3 rings (SSSR count). The number of nitrogen functional groups attached to an aromatic ring is 1. The Morgan fingerprint density at radius 2 is 2.05 bits per heavy atom. The van der Waals surface area contributed by atoms with Gasteiger partial charge in [-0.15, -0.1) is 0 Å². The number of aryl methyl sites for hydroxylation is 1. The van der Waals surface area contributed by atoms with Crippen LogP contribution in [-0.2, 0) is 0 Å². The Morgan fingerprint density at radius 3 is 2.79 bits per heavy atom. The summed E-state index contributed by atoms with van der Waals surface area (Å²) < 4.78 is 1.05. The van der Waals surface area contributed by atoms with E-state index >= 15 is 0 Å². The summed E-state index contributed by atoms with van der Waals surface area (Å²) in [5, 5.41) is 0.602. The minimum absolute atomic E-state index is 0.580. The van der Waals surface area contributed by atoms with E-state index in [4.69, 9.17) is 17.3 Å². The Labute approximate surface area is 123 Å². The number of anilines is 1. The molecular formula is C14H11BrClN3. The molecule has 1 aromatic heterocycles. The maximum absolute atomic E-state index is 5.99. The largest absolute Gasteiger partial charge is 0.397 e. The molecule has 0 saturated heterocycles. The smallest absolute Gasteiger partial charge is 0.138 e. The van der Waals surface area contributed by atoms with Crippen LogP contribution in [0.3, 0.4) is 0 Å². The molecule has 1 heterocycles. The van der Waals surface area contributed by atoms with Crippen LogP contribution in [0.2, 0.25) is 5.02 Å². The van der Waals surface area contributed by atoms with Gasteiger partial charge in [-0.25, -0.2) is 4.98 Å². The molecule has 0 saturated carbocycles. The van der Waals surface area contributed by atoms with Crippen molar-refractivity contribution in [2.24, 2.45) is 0 Å². The van der Waals surface area contributed by atoms with Crippen LogP contribution in [-0.4, -0.2) is 9.97 Å². The first-order chi connectivity index (χ1) is 9.04. The number of halogens is 2. The van der Waals surface area contributed by atoms with Crippen LogP contribution in [0, 0.1) is 6.92 Å². The number of nitrogens with two attached hydrogens (primary N) is 1. The van der Waals surface area contributed by atoms with Crippen molar-refractivity contribution >= 4 is 44.3 Å². The van der Waals surface area contributed by atoms with Crippen molar-refractivity contribution in [3.05, 3.63) is 45.4 Å². The van der Waals surface area contributed by atoms with E-state index < -0.39 is 0 Å². The molecule has 2 aromatic carbocycles.